The topological polar surface area (TPSA) is 63.7 Å². The van der Waals surface area contributed by atoms with Crippen molar-refractivity contribution in [3.8, 4) is 0 Å². The number of rotatable bonds is 1. The Labute approximate surface area is 54.1 Å². The van der Waals surface area contributed by atoms with Crippen LogP contribution in [0.1, 0.15) is 24.5 Å². The second kappa shape index (κ2) is 2.19. The lowest BCUT2D eigenvalue weighted by Gasteiger charge is -1.80. The highest BCUT2D eigenvalue weighted by molar-refractivity contribution is 5.09. The molecule has 0 unspecified atom stereocenters. The van der Waals surface area contributed by atoms with Crippen LogP contribution in [0.3, 0.4) is 0 Å². The number of H-pyrrole nitrogens is 1. The Bertz CT molecular complexity index is 164. The van der Waals surface area contributed by atoms with Crippen LogP contribution in [-0.2, 0) is 0 Å². The van der Waals surface area contributed by atoms with Crippen molar-refractivity contribution in [1.82, 2.24) is 16.1 Å². The maximum Gasteiger partial charge on any atom is 0.0923 e. The van der Waals surface area contributed by atoms with Gasteiger partial charge in [0, 0.05) is 12.1 Å². The molecular weight excluding hydrogens is 114 g/mol. The van der Waals surface area contributed by atoms with Crippen molar-refractivity contribution in [1.29, 1.82) is 0 Å². The van der Waals surface area contributed by atoms with Gasteiger partial charge in [-0.05, 0) is 12.8 Å². The molecule has 0 spiro atoms. The van der Waals surface area contributed by atoms with Crippen molar-refractivity contribution >= 4 is 0 Å². The van der Waals surface area contributed by atoms with E-state index in [2.05, 4.69) is 9.97 Å². The van der Waals surface area contributed by atoms with Gasteiger partial charge in [-0.15, -0.1) is 0 Å². The maximum atomic E-state index is 4.12. The molecule has 50 valence electrons. The van der Waals surface area contributed by atoms with Gasteiger partial charge in [-0.3, -0.25) is 0 Å². The lowest BCUT2D eigenvalue weighted by molar-refractivity contribution is 1.05. The molecular formula is C6H11N3. The summed E-state index contributed by atoms with van der Waals surface area (Å²) in [5.74, 6) is 0.793. The Morgan fingerprint density at radius 1 is 1.56 bits per heavy atom. The zero-order valence-electron chi connectivity index (χ0n) is 5.30. The molecule has 0 bridgehead atoms. The van der Waals surface area contributed by atoms with Crippen molar-refractivity contribution in [2.24, 2.45) is 0 Å². The molecule has 0 saturated heterocycles. The van der Waals surface area contributed by atoms with Crippen LogP contribution < -0.4 is 6.15 Å². The number of hydrogen-bond donors (Lipinski definition) is 2. The van der Waals surface area contributed by atoms with E-state index in [-0.39, 0.29) is 6.15 Å². The zero-order chi connectivity index (χ0) is 5.40. The molecule has 1 heterocycles. The highest BCUT2D eigenvalue weighted by atomic mass is 14.9. The van der Waals surface area contributed by atoms with Gasteiger partial charge in [0.2, 0.25) is 0 Å². The van der Waals surface area contributed by atoms with Crippen LogP contribution in [0, 0.1) is 0 Å². The normalized spacial score (nSPS) is 16.9. The average Bonchev–Trinajstić information content (AvgIpc) is 2.49. The summed E-state index contributed by atoms with van der Waals surface area (Å²) in [6.45, 7) is 0. The summed E-state index contributed by atoms with van der Waals surface area (Å²) in [6, 6.07) is 0. The number of nitrogens with one attached hydrogen (secondary N) is 1. The smallest absolute Gasteiger partial charge is 0.0923 e. The van der Waals surface area contributed by atoms with Gasteiger partial charge in [-0.2, -0.15) is 0 Å². The number of imidazole rings is 1. The van der Waals surface area contributed by atoms with E-state index in [0.717, 1.165) is 5.92 Å². The lowest BCUT2D eigenvalue weighted by atomic mass is 10.3. The van der Waals surface area contributed by atoms with Gasteiger partial charge in [-0.1, -0.05) is 0 Å². The van der Waals surface area contributed by atoms with Gasteiger partial charge < -0.3 is 11.1 Å². The minimum Gasteiger partial charge on any atom is -0.351 e. The third-order valence-corrected chi connectivity index (χ3v) is 1.51. The van der Waals surface area contributed by atoms with Crippen molar-refractivity contribution in [2.45, 2.75) is 18.8 Å². The summed E-state index contributed by atoms with van der Waals surface area (Å²) in [7, 11) is 0. The summed E-state index contributed by atoms with van der Waals surface area (Å²) in [5.41, 5.74) is 1.24. The van der Waals surface area contributed by atoms with Gasteiger partial charge in [0.25, 0.3) is 0 Å². The van der Waals surface area contributed by atoms with Crippen molar-refractivity contribution in [2.75, 3.05) is 0 Å². The van der Waals surface area contributed by atoms with Crippen LogP contribution in [0.15, 0.2) is 12.5 Å². The van der Waals surface area contributed by atoms with Crippen molar-refractivity contribution in [3.05, 3.63) is 18.2 Å². The van der Waals surface area contributed by atoms with Crippen LogP contribution >= 0.6 is 0 Å². The first-order valence-electron chi connectivity index (χ1n) is 2.95. The molecule has 0 aliphatic heterocycles. The first kappa shape index (κ1) is 6.29. The molecule has 9 heavy (non-hydrogen) atoms. The van der Waals surface area contributed by atoms with Gasteiger partial charge >= 0.3 is 0 Å². The molecule has 2 rings (SSSR count). The molecule has 4 N–H and O–H groups in total. The Morgan fingerprint density at radius 2 is 2.33 bits per heavy atom. The van der Waals surface area contributed by atoms with Crippen molar-refractivity contribution < 1.29 is 0 Å². The first-order valence-corrected chi connectivity index (χ1v) is 2.95. The lowest BCUT2D eigenvalue weighted by Crippen LogP contribution is -1.73. The van der Waals surface area contributed by atoms with Gasteiger partial charge in [0.05, 0.1) is 12.0 Å². The molecule has 0 aromatic carbocycles. The molecule has 1 fully saturated rings. The predicted molar refractivity (Wildman–Crippen MR) is 35.6 cm³/mol. The van der Waals surface area contributed by atoms with Crippen LogP contribution in [-0.4, -0.2) is 9.97 Å². The monoisotopic (exact) mass is 125 g/mol. The standard InChI is InChI=1S/C6H8N2.H3N/c1-2-5(1)6-3-7-4-8-6;/h3-5H,1-2H2,(H,7,8);1H3. The van der Waals surface area contributed by atoms with Gasteiger partial charge in [0.15, 0.2) is 0 Å². The Morgan fingerprint density at radius 3 is 2.78 bits per heavy atom. The highest BCUT2D eigenvalue weighted by Gasteiger charge is 2.24. The summed E-state index contributed by atoms with van der Waals surface area (Å²) in [4.78, 5) is 7.06. The van der Waals surface area contributed by atoms with E-state index < -0.39 is 0 Å². The van der Waals surface area contributed by atoms with E-state index >= 15 is 0 Å². The SMILES string of the molecule is N.c1nc(C2CC2)c[nH]1. The number of aromatic amines is 1. The largest absolute Gasteiger partial charge is 0.351 e. The third kappa shape index (κ3) is 1.10. The van der Waals surface area contributed by atoms with Crippen molar-refractivity contribution in [3.63, 3.8) is 0 Å². The van der Waals surface area contributed by atoms with E-state index in [1.54, 1.807) is 6.33 Å². The fourth-order valence-electron chi connectivity index (χ4n) is 0.874. The Balaban J connectivity index is 0.000000405. The molecule has 1 aromatic heterocycles. The third-order valence-electron chi connectivity index (χ3n) is 1.51. The molecule has 1 saturated carbocycles. The second-order valence-corrected chi connectivity index (χ2v) is 2.27. The summed E-state index contributed by atoms with van der Waals surface area (Å²) in [5, 5.41) is 0. The summed E-state index contributed by atoms with van der Waals surface area (Å²) >= 11 is 0. The molecule has 3 heteroatoms. The van der Waals surface area contributed by atoms with Crippen LogP contribution in [0.4, 0.5) is 0 Å². The number of aromatic nitrogens is 2. The van der Waals surface area contributed by atoms with E-state index in [9.17, 15) is 0 Å². The predicted octanol–water partition coefficient (Wildman–Crippen LogP) is 1.45. The number of nitrogens with zero attached hydrogens (tertiary/aromatic N) is 1. The van der Waals surface area contributed by atoms with E-state index in [4.69, 9.17) is 0 Å². The first-order chi connectivity index (χ1) is 3.97. The Hall–Kier alpha value is -0.830. The molecule has 1 aliphatic carbocycles. The van der Waals surface area contributed by atoms with Crippen LogP contribution in [0.5, 0.6) is 0 Å². The average molecular weight is 125 g/mol. The minimum atomic E-state index is 0. The zero-order valence-corrected chi connectivity index (χ0v) is 5.30. The molecule has 0 atom stereocenters. The van der Waals surface area contributed by atoms with E-state index in [1.807, 2.05) is 6.20 Å². The molecule has 3 nitrogen and oxygen atoms in total. The minimum absolute atomic E-state index is 0. The fourth-order valence-corrected chi connectivity index (χ4v) is 0.874. The van der Waals surface area contributed by atoms with E-state index in [1.165, 1.54) is 18.5 Å². The van der Waals surface area contributed by atoms with Gasteiger partial charge in [0.1, 0.15) is 0 Å². The quantitative estimate of drug-likeness (QED) is 0.596. The summed E-state index contributed by atoms with van der Waals surface area (Å²) < 4.78 is 0. The van der Waals surface area contributed by atoms with Gasteiger partial charge in [-0.25, -0.2) is 4.98 Å². The van der Waals surface area contributed by atoms with E-state index in [0.29, 0.717) is 0 Å². The second-order valence-electron chi connectivity index (χ2n) is 2.27. The summed E-state index contributed by atoms with van der Waals surface area (Å²) in [6.07, 6.45) is 6.40. The Kier molecular flexibility index (Phi) is 1.53. The fraction of sp³-hybridized carbons (Fsp3) is 0.500. The number of hydrogen-bond acceptors (Lipinski definition) is 2. The van der Waals surface area contributed by atoms with Crippen LogP contribution in [0.2, 0.25) is 0 Å². The molecule has 0 amide bonds. The van der Waals surface area contributed by atoms with Crippen LogP contribution in [0.25, 0.3) is 0 Å². The molecule has 1 aromatic rings. The molecule has 1 aliphatic rings. The highest BCUT2D eigenvalue weighted by Crippen LogP contribution is 2.38. The maximum absolute atomic E-state index is 4.12. The molecule has 0 radical (unpaired) electrons.